The van der Waals surface area contributed by atoms with Gasteiger partial charge in [0.15, 0.2) is 0 Å². The summed E-state index contributed by atoms with van der Waals surface area (Å²) < 4.78 is 19.1. The predicted octanol–water partition coefficient (Wildman–Crippen LogP) is 4.88. The standard InChI is InChI=1S/C19H15ClFN3O2/c1-26-16-8-3-2-7-15(16)23-12-9-10-17(22-11-12)24-19(25)18-13(20)5-4-6-14(18)21/h2-11,23H,1H3,(H,22,24,25). The van der Waals surface area contributed by atoms with Crippen molar-refractivity contribution in [3.05, 3.63) is 77.2 Å². The minimum absolute atomic E-state index is 0.0389. The van der Waals surface area contributed by atoms with E-state index in [1.807, 2.05) is 24.3 Å². The van der Waals surface area contributed by atoms with E-state index in [1.165, 1.54) is 18.2 Å². The van der Waals surface area contributed by atoms with Crippen LogP contribution in [-0.2, 0) is 0 Å². The molecule has 0 aliphatic rings. The number of anilines is 3. The summed E-state index contributed by atoms with van der Waals surface area (Å²) >= 11 is 5.89. The summed E-state index contributed by atoms with van der Waals surface area (Å²) in [6.45, 7) is 0. The smallest absolute Gasteiger partial charge is 0.261 e. The molecule has 2 N–H and O–H groups in total. The van der Waals surface area contributed by atoms with Crippen molar-refractivity contribution in [2.45, 2.75) is 0 Å². The lowest BCUT2D eigenvalue weighted by Crippen LogP contribution is -2.15. The van der Waals surface area contributed by atoms with Crippen LogP contribution in [-0.4, -0.2) is 18.0 Å². The molecule has 0 unspecified atom stereocenters. The van der Waals surface area contributed by atoms with Crippen molar-refractivity contribution in [1.29, 1.82) is 0 Å². The lowest BCUT2D eigenvalue weighted by molar-refractivity contribution is 0.102. The van der Waals surface area contributed by atoms with Crippen molar-refractivity contribution in [3.8, 4) is 5.75 Å². The van der Waals surface area contributed by atoms with Gasteiger partial charge in [-0.25, -0.2) is 9.37 Å². The number of nitrogens with one attached hydrogen (secondary N) is 2. The van der Waals surface area contributed by atoms with Crippen molar-refractivity contribution in [2.24, 2.45) is 0 Å². The Hall–Kier alpha value is -3.12. The molecule has 3 rings (SSSR count). The molecule has 132 valence electrons. The molecule has 0 aliphatic heterocycles. The largest absolute Gasteiger partial charge is 0.495 e. The SMILES string of the molecule is COc1ccccc1Nc1ccc(NC(=O)c2c(F)cccc2Cl)nc1. The summed E-state index contributed by atoms with van der Waals surface area (Å²) in [4.78, 5) is 16.4. The van der Waals surface area contributed by atoms with Gasteiger partial charge in [-0.05, 0) is 36.4 Å². The van der Waals surface area contributed by atoms with Crippen LogP contribution in [0.15, 0.2) is 60.8 Å². The number of rotatable bonds is 5. The highest BCUT2D eigenvalue weighted by Gasteiger charge is 2.16. The number of methoxy groups -OCH3 is 1. The Morgan fingerprint density at radius 3 is 2.62 bits per heavy atom. The third-order valence-corrected chi connectivity index (χ3v) is 3.90. The highest BCUT2D eigenvalue weighted by Crippen LogP contribution is 2.27. The molecule has 1 aromatic heterocycles. The molecule has 3 aromatic rings. The van der Waals surface area contributed by atoms with Crippen molar-refractivity contribution < 1.29 is 13.9 Å². The second-order valence-electron chi connectivity index (χ2n) is 5.31. The van der Waals surface area contributed by atoms with E-state index in [0.29, 0.717) is 11.4 Å². The van der Waals surface area contributed by atoms with Gasteiger partial charge in [0.1, 0.15) is 17.4 Å². The van der Waals surface area contributed by atoms with Crippen LogP contribution in [0, 0.1) is 5.82 Å². The zero-order valence-electron chi connectivity index (χ0n) is 13.8. The molecule has 7 heteroatoms. The summed E-state index contributed by atoms with van der Waals surface area (Å²) in [5, 5.41) is 5.74. The number of amides is 1. The summed E-state index contributed by atoms with van der Waals surface area (Å²) in [6.07, 6.45) is 1.55. The number of carbonyl (C=O) groups is 1. The number of hydrogen-bond acceptors (Lipinski definition) is 4. The zero-order valence-corrected chi connectivity index (χ0v) is 14.5. The van der Waals surface area contributed by atoms with Gasteiger partial charge in [-0.3, -0.25) is 4.79 Å². The van der Waals surface area contributed by atoms with Crippen LogP contribution < -0.4 is 15.4 Å². The molecule has 0 radical (unpaired) electrons. The van der Waals surface area contributed by atoms with Crippen LogP contribution in [0.25, 0.3) is 0 Å². The van der Waals surface area contributed by atoms with Crippen molar-refractivity contribution in [2.75, 3.05) is 17.7 Å². The van der Waals surface area contributed by atoms with E-state index in [0.717, 1.165) is 5.69 Å². The first-order valence-electron chi connectivity index (χ1n) is 7.70. The van der Waals surface area contributed by atoms with Gasteiger partial charge in [0.05, 0.1) is 35.3 Å². The highest BCUT2D eigenvalue weighted by molar-refractivity contribution is 6.34. The van der Waals surface area contributed by atoms with Gasteiger partial charge in [0.25, 0.3) is 5.91 Å². The Bertz CT molecular complexity index is 912. The van der Waals surface area contributed by atoms with E-state index in [-0.39, 0.29) is 16.4 Å². The molecule has 26 heavy (non-hydrogen) atoms. The molecule has 0 spiro atoms. The molecule has 0 saturated heterocycles. The van der Waals surface area contributed by atoms with Gasteiger partial charge in [-0.15, -0.1) is 0 Å². The number of carbonyl (C=O) groups excluding carboxylic acids is 1. The van der Waals surface area contributed by atoms with Crippen LogP contribution in [0.3, 0.4) is 0 Å². The molecule has 0 fully saturated rings. The fourth-order valence-corrected chi connectivity index (χ4v) is 2.59. The predicted molar refractivity (Wildman–Crippen MR) is 99.9 cm³/mol. The monoisotopic (exact) mass is 371 g/mol. The second kappa shape index (κ2) is 7.84. The van der Waals surface area contributed by atoms with Gasteiger partial charge in [-0.2, -0.15) is 0 Å². The Morgan fingerprint density at radius 2 is 1.92 bits per heavy atom. The van der Waals surface area contributed by atoms with E-state index in [4.69, 9.17) is 16.3 Å². The van der Waals surface area contributed by atoms with E-state index >= 15 is 0 Å². The first-order valence-corrected chi connectivity index (χ1v) is 8.07. The van der Waals surface area contributed by atoms with E-state index < -0.39 is 11.7 Å². The third kappa shape index (κ3) is 3.92. The molecule has 0 atom stereocenters. The molecule has 0 aliphatic carbocycles. The number of halogens is 2. The molecular weight excluding hydrogens is 357 g/mol. The van der Waals surface area contributed by atoms with Crippen molar-refractivity contribution in [3.63, 3.8) is 0 Å². The van der Waals surface area contributed by atoms with E-state index in [1.54, 1.807) is 25.4 Å². The molecule has 1 amide bonds. The van der Waals surface area contributed by atoms with Crippen LogP contribution in [0.5, 0.6) is 5.75 Å². The number of ether oxygens (including phenoxy) is 1. The average molecular weight is 372 g/mol. The average Bonchev–Trinajstić information content (AvgIpc) is 2.63. The van der Waals surface area contributed by atoms with Crippen molar-refractivity contribution >= 4 is 34.7 Å². The number of aromatic nitrogens is 1. The lowest BCUT2D eigenvalue weighted by atomic mass is 10.2. The maximum absolute atomic E-state index is 13.8. The number of para-hydroxylation sites is 2. The van der Waals surface area contributed by atoms with Gasteiger partial charge in [-0.1, -0.05) is 29.8 Å². The second-order valence-corrected chi connectivity index (χ2v) is 5.72. The Kier molecular flexibility index (Phi) is 5.34. The highest BCUT2D eigenvalue weighted by atomic mass is 35.5. The van der Waals surface area contributed by atoms with E-state index in [2.05, 4.69) is 15.6 Å². The minimum atomic E-state index is -0.690. The third-order valence-electron chi connectivity index (χ3n) is 3.58. The number of hydrogen-bond donors (Lipinski definition) is 2. The van der Waals surface area contributed by atoms with Gasteiger partial charge in [0.2, 0.25) is 0 Å². The lowest BCUT2D eigenvalue weighted by Gasteiger charge is -2.11. The maximum atomic E-state index is 13.8. The van der Waals surface area contributed by atoms with Crippen LogP contribution >= 0.6 is 11.6 Å². The molecule has 5 nitrogen and oxygen atoms in total. The number of nitrogens with zero attached hydrogens (tertiary/aromatic N) is 1. The van der Waals surface area contributed by atoms with E-state index in [9.17, 15) is 9.18 Å². The summed E-state index contributed by atoms with van der Waals surface area (Å²) in [7, 11) is 1.59. The van der Waals surface area contributed by atoms with Crippen LogP contribution in [0.4, 0.5) is 21.6 Å². The maximum Gasteiger partial charge on any atom is 0.261 e. The molecular formula is C19H15ClFN3O2. The molecule has 0 bridgehead atoms. The summed E-state index contributed by atoms with van der Waals surface area (Å²) in [6, 6.07) is 14.9. The fourth-order valence-electron chi connectivity index (χ4n) is 2.34. The number of benzene rings is 2. The topological polar surface area (TPSA) is 63.2 Å². The summed E-state index contributed by atoms with van der Waals surface area (Å²) in [5.41, 5.74) is 1.27. The first-order chi connectivity index (χ1) is 12.6. The normalized spacial score (nSPS) is 10.3. The Labute approximate surface area is 154 Å². The van der Waals surface area contributed by atoms with Gasteiger partial charge < -0.3 is 15.4 Å². The Balaban J connectivity index is 1.73. The van der Waals surface area contributed by atoms with Crippen LogP contribution in [0.2, 0.25) is 5.02 Å². The molecule has 1 heterocycles. The van der Waals surface area contributed by atoms with Gasteiger partial charge in [0, 0.05) is 0 Å². The molecule has 2 aromatic carbocycles. The van der Waals surface area contributed by atoms with Gasteiger partial charge >= 0.3 is 0 Å². The fraction of sp³-hybridized carbons (Fsp3) is 0.0526. The number of pyridine rings is 1. The first kappa shape index (κ1) is 17.7. The summed E-state index contributed by atoms with van der Waals surface area (Å²) in [5.74, 6) is -0.380. The quantitative estimate of drug-likeness (QED) is 0.671. The minimum Gasteiger partial charge on any atom is -0.495 e. The molecule has 0 saturated carbocycles. The van der Waals surface area contributed by atoms with Crippen molar-refractivity contribution in [1.82, 2.24) is 4.98 Å². The Morgan fingerprint density at radius 1 is 1.12 bits per heavy atom. The zero-order chi connectivity index (χ0) is 18.5. The van der Waals surface area contributed by atoms with Crippen LogP contribution in [0.1, 0.15) is 10.4 Å².